The Morgan fingerprint density at radius 1 is 1.00 bits per heavy atom. The van der Waals surface area contributed by atoms with Gasteiger partial charge in [-0.3, -0.25) is 14.7 Å². The summed E-state index contributed by atoms with van der Waals surface area (Å²) >= 11 is 0. The van der Waals surface area contributed by atoms with Gasteiger partial charge in [0.2, 0.25) is 0 Å². The Kier molecular flexibility index (Phi) is 5.35. The zero-order chi connectivity index (χ0) is 20.2. The molecule has 0 atom stereocenters. The van der Waals surface area contributed by atoms with Crippen molar-refractivity contribution in [2.45, 2.75) is 20.0 Å². The number of nitrogens with one attached hydrogen (secondary N) is 1. The first-order valence-corrected chi connectivity index (χ1v) is 9.42. The van der Waals surface area contributed by atoms with E-state index in [0.29, 0.717) is 11.5 Å². The highest BCUT2D eigenvalue weighted by atomic mass is 16.3. The Morgan fingerprint density at radius 2 is 1.83 bits per heavy atom. The van der Waals surface area contributed by atoms with Gasteiger partial charge in [-0.2, -0.15) is 0 Å². The average molecular weight is 386 g/mol. The summed E-state index contributed by atoms with van der Waals surface area (Å²) in [6.07, 6.45) is 3.38. The Labute approximate surface area is 168 Å². The van der Waals surface area contributed by atoms with Gasteiger partial charge in [0, 0.05) is 36.1 Å². The maximum Gasteiger partial charge on any atom is 0.251 e. The minimum absolute atomic E-state index is 0.183. The second-order valence-electron chi connectivity index (χ2n) is 7.10. The fraction of sp³-hybridized carbons (Fsp3) is 0.174. The molecule has 0 amide bonds. The minimum atomic E-state index is -0.183. The molecule has 0 saturated carbocycles. The van der Waals surface area contributed by atoms with Gasteiger partial charge >= 0.3 is 0 Å². The highest BCUT2D eigenvalue weighted by Gasteiger charge is 2.09. The van der Waals surface area contributed by atoms with Gasteiger partial charge in [0.15, 0.2) is 0 Å². The maximum atomic E-state index is 12.2. The Bertz CT molecular complexity index is 1160. The summed E-state index contributed by atoms with van der Waals surface area (Å²) in [5.74, 6) is 2.41. The normalized spacial score (nSPS) is 11.1. The highest BCUT2D eigenvalue weighted by Crippen LogP contribution is 2.21. The van der Waals surface area contributed by atoms with Gasteiger partial charge in [0.05, 0.1) is 12.2 Å². The number of rotatable bonds is 6. The summed E-state index contributed by atoms with van der Waals surface area (Å²) in [4.78, 5) is 25.9. The topological polar surface area (TPSA) is 75.0 Å². The standard InChI is InChI=1S/C23H22N4O2/c1-16-6-7-20(29-16)15-27(2)14-17-4-3-5-19(12-17)23-25-21(13-22(28)26-23)18-8-10-24-11-9-18/h3-13H,14-15H2,1-2H3,(H,25,26,28). The van der Waals surface area contributed by atoms with Crippen molar-refractivity contribution in [3.8, 4) is 22.6 Å². The number of benzene rings is 1. The predicted molar refractivity (Wildman–Crippen MR) is 112 cm³/mol. The van der Waals surface area contributed by atoms with Crippen molar-refractivity contribution in [1.82, 2.24) is 19.9 Å². The van der Waals surface area contributed by atoms with Crippen molar-refractivity contribution < 1.29 is 4.42 Å². The van der Waals surface area contributed by atoms with E-state index in [9.17, 15) is 4.79 Å². The van der Waals surface area contributed by atoms with Crippen LogP contribution in [0.2, 0.25) is 0 Å². The number of furan rings is 1. The highest BCUT2D eigenvalue weighted by molar-refractivity contribution is 5.63. The molecule has 4 aromatic rings. The van der Waals surface area contributed by atoms with E-state index in [0.717, 1.165) is 41.3 Å². The van der Waals surface area contributed by atoms with Crippen molar-refractivity contribution >= 4 is 0 Å². The fourth-order valence-corrected chi connectivity index (χ4v) is 3.29. The summed E-state index contributed by atoms with van der Waals surface area (Å²) in [7, 11) is 2.05. The summed E-state index contributed by atoms with van der Waals surface area (Å²) < 4.78 is 5.66. The Hall–Kier alpha value is -3.51. The molecule has 29 heavy (non-hydrogen) atoms. The molecule has 0 unspecified atom stereocenters. The quantitative estimate of drug-likeness (QED) is 0.541. The van der Waals surface area contributed by atoms with Crippen LogP contribution < -0.4 is 5.56 Å². The summed E-state index contributed by atoms with van der Waals surface area (Å²) in [5, 5.41) is 0. The van der Waals surface area contributed by atoms with Gasteiger partial charge in [-0.25, -0.2) is 4.98 Å². The lowest BCUT2D eigenvalue weighted by atomic mass is 10.1. The van der Waals surface area contributed by atoms with E-state index in [1.165, 1.54) is 6.07 Å². The van der Waals surface area contributed by atoms with Gasteiger partial charge in [-0.1, -0.05) is 18.2 Å². The Balaban J connectivity index is 1.57. The molecule has 4 rings (SSSR count). The largest absolute Gasteiger partial charge is 0.465 e. The third kappa shape index (κ3) is 4.67. The first-order chi connectivity index (χ1) is 14.1. The fourth-order valence-electron chi connectivity index (χ4n) is 3.29. The molecule has 3 aromatic heterocycles. The Morgan fingerprint density at radius 3 is 2.59 bits per heavy atom. The number of aromatic amines is 1. The van der Waals surface area contributed by atoms with Gasteiger partial charge < -0.3 is 9.40 Å². The monoisotopic (exact) mass is 386 g/mol. The molecule has 0 aliphatic rings. The van der Waals surface area contributed by atoms with Crippen LogP contribution in [0, 0.1) is 6.92 Å². The van der Waals surface area contributed by atoms with Crippen LogP contribution in [0.4, 0.5) is 0 Å². The van der Waals surface area contributed by atoms with Crippen molar-refractivity contribution in [3.63, 3.8) is 0 Å². The average Bonchev–Trinajstić information content (AvgIpc) is 3.13. The summed E-state index contributed by atoms with van der Waals surface area (Å²) in [6.45, 7) is 3.42. The molecule has 3 heterocycles. The van der Waals surface area contributed by atoms with E-state index >= 15 is 0 Å². The minimum Gasteiger partial charge on any atom is -0.465 e. The molecule has 6 nitrogen and oxygen atoms in total. The van der Waals surface area contributed by atoms with Crippen LogP contribution >= 0.6 is 0 Å². The first kappa shape index (κ1) is 18.8. The molecule has 1 N–H and O–H groups in total. The molecule has 0 spiro atoms. The molecular weight excluding hydrogens is 364 g/mol. The number of aryl methyl sites for hydroxylation is 1. The second-order valence-corrected chi connectivity index (χ2v) is 7.10. The van der Waals surface area contributed by atoms with Crippen molar-refractivity contribution in [2.24, 2.45) is 0 Å². The van der Waals surface area contributed by atoms with E-state index < -0.39 is 0 Å². The molecule has 1 aromatic carbocycles. The lowest BCUT2D eigenvalue weighted by molar-refractivity contribution is 0.285. The zero-order valence-corrected chi connectivity index (χ0v) is 16.4. The molecular formula is C23H22N4O2. The zero-order valence-electron chi connectivity index (χ0n) is 16.4. The molecule has 146 valence electrons. The lowest BCUT2D eigenvalue weighted by Gasteiger charge is -2.16. The maximum absolute atomic E-state index is 12.2. The van der Waals surface area contributed by atoms with E-state index in [1.54, 1.807) is 12.4 Å². The number of hydrogen-bond donors (Lipinski definition) is 1. The van der Waals surface area contributed by atoms with E-state index in [4.69, 9.17) is 4.42 Å². The number of hydrogen-bond acceptors (Lipinski definition) is 5. The van der Waals surface area contributed by atoms with Crippen LogP contribution in [0.15, 0.2) is 76.2 Å². The van der Waals surface area contributed by atoms with Crippen LogP contribution in [0.25, 0.3) is 22.6 Å². The second kappa shape index (κ2) is 8.24. The van der Waals surface area contributed by atoms with Crippen LogP contribution in [-0.2, 0) is 13.1 Å². The van der Waals surface area contributed by atoms with Crippen molar-refractivity contribution in [2.75, 3.05) is 7.05 Å². The third-order valence-corrected chi connectivity index (χ3v) is 4.59. The third-order valence-electron chi connectivity index (χ3n) is 4.59. The van der Waals surface area contributed by atoms with E-state index in [-0.39, 0.29) is 5.56 Å². The lowest BCUT2D eigenvalue weighted by Crippen LogP contribution is -2.17. The van der Waals surface area contributed by atoms with Crippen LogP contribution in [-0.4, -0.2) is 26.9 Å². The molecule has 0 saturated heterocycles. The molecule has 0 radical (unpaired) electrons. The van der Waals surface area contributed by atoms with Gasteiger partial charge in [-0.15, -0.1) is 0 Å². The predicted octanol–water partition coefficient (Wildman–Crippen LogP) is 4.03. The van der Waals surface area contributed by atoms with Crippen LogP contribution in [0.1, 0.15) is 17.1 Å². The SMILES string of the molecule is Cc1ccc(CN(C)Cc2cccc(-c3nc(-c4ccncc4)cc(=O)[nH]3)c2)o1. The van der Waals surface area contributed by atoms with Gasteiger partial charge in [0.25, 0.3) is 5.56 Å². The number of nitrogens with zero attached hydrogens (tertiary/aromatic N) is 3. The molecule has 0 fully saturated rings. The first-order valence-electron chi connectivity index (χ1n) is 9.42. The summed E-state index contributed by atoms with van der Waals surface area (Å²) in [5.41, 5.74) is 3.30. The summed E-state index contributed by atoms with van der Waals surface area (Å²) in [6, 6.07) is 17.2. The van der Waals surface area contributed by atoms with Gasteiger partial charge in [0.1, 0.15) is 17.3 Å². The van der Waals surface area contributed by atoms with E-state index in [2.05, 4.69) is 39.0 Å². The van der Waals surface area contributed by atoms with Crippen LogP contribution in [0.3, 0.4) is 0 Å². The van der Waals surface area contributed by atoms with Crippen LogP contribution in [0.5, 0.6) is 0 Å². The van der Waals surface area contributed by atoms with Crippen molar-refractivity contribution in [3.05, 3.63) is 94.4 Å². The molecule has 0 aliphatic carbocycles. The number of pyridine rings is 1. The number of aromatic nitrogens is 3. The molecule has 6 heteroatoms. The molecule has 0 aliphatic heterocycles. The molecule has 0 bridgehead atoms. The number of H-pyrrole nitrogens is 1. The van der Waals surface area contributed by atoms with E-state index in [1.807, 2.05) is 43.3 Å². The van der Waals surface area contributed by atoms with Crippen molar-refractivity contribution in [1.29, 1.82) is 0 Å². The smallest absolute Gasteiger partial charge is 0.251 e. The van der Waals surface area contributed by atoms with Gasteiger partial charge in [-0.05, 0) is 49.9 Å².